The average Bonchev–Trinajstić information content (AvgIpc) is 3.31. The molecule has 0 rings (SSSR count). The number of hydrogen-bond donors (Lipinski definition) is 0. The summed E-state index contributed by atoms with van der Waals surface area (Å²) in [4.78, 5) is 38.0. The third kappa shape index (κ3) is 50.8. The largest absolute Gasteiger partial charge is 0.462 e. The summed E-state index contributed by atoms with van der Waals surface area (Å²) in [5.74, 6) is -1.000. The number of carbonyl (C=O) groups is 3. The number of esters is 3. The molecule has 0 N–H and O–H groups in total. The summed E-state index contributed by atoms with van der Waals surface area (Å²) < 4.78 is 16.7. The van der Waals surface area contributed by atoms with Crippen LogP contribution in [0.1, 0.15) is 220 Å². The molecular formula is C60H96O6. The number of rotatable bonds is 46. The number of allylic oxidation sites excluding steroid dienone is 20. The lowest BCUT2D eigenvalue weighted by Gasteiger charge is -2.18. The first-order valence-electron chi connectivity index (χ1n) is 26.6. The van der Waals surface area contributed by atoms with Crippen LogP contribution in [0.3, 0.4) is 0 Å². The fourth-order valence-corrected chi connectivity index (χ4v) is 6.74. The molecule has 372 valence electrons. The second kappa shape index (κ2) is 53.4. The summed E-state index contributed by atoms with van der Waals surface area (Å²) in [6.45, 7) is 6.37. The fourth-order valence-electron chi connectivity index (χ4n) is 6.74. The Labute approximate surface area is 405 Å². The van der Waals surface area contributed by atoms with Crippen molar-refractivity contribution in [2.75, 3.05) is 13.2 Å². The van der Waals surface area contributed by atoms with Gasteiger partial charge in [0.2, 0.25) is 0 Å². The van der Waals surface area contributed by atoms with E-state index in [1.807, 2.05) is 0 Å². The van der Waals surface area contributed by atoms with Crippen molar-refractivity contribution in [3.63, 3.8) is 0 Å². The molecule has 0 aromatic rings. The zero-order chi connectivity index (χ0) is 47.9. The van der Waals surface area contributed by atoms with Crippen LogP contribution in [0, 0.1) is 0 Å². The van der Waals surface area contributed by atoms with Crippen LogP contribution in [0.5, 0.6) is 0 Å². The Balaban J connectivity index is 4.51. The van der Waals surface area contributed by atoms with E-state index >= 15 is 0 Å². The molecule has 0 radical (unpaired) electrons. The molecule has 0 aromatic carbocycles. The average molecular weight is 913 g/mol. The smallest absolute Gasteiger partial charge is 0.306 e. The van der Waals surface area contributed by atoms with E-state index < -0.39 is 6.10 Å². The van der Waals surface area contributed by atoms with Gasteiger partial charge in [0.15, 0.2) is 6.10 Å². The van der Waals surface area contributed by atoms with Crippen LogP contribution >= 0.6 is 0 Å². The molecule has 0 aromatic heterocycles. The van der Waals surface area contributed by atoms with Gasteiger partial charge in [-0.2, -0.15) is 0 Å². The van der Waals surface area contributed by atoms with Crippen molar-refractivity contribution in [2.24, 2.45) is 0 Å². The molecule has 6 nitrogen and oxygen atoms in total. The van der Waals surface area contributed by atoms with Crippen molar-refractivity contribution < 1.29 is 28.6 Å². The maximum atomic E-state index is 12.8. The predicted octanol–water partition coefficient (Wildman–Crippen LogP) is 17.7. The molecule has 6 heteroatoms. The molecule has 0 heterocycles. The summed E-state index contributed by atoms with van der Waals surface area (Å²) >= 11 is 0. The van der Waals surface area contributed by atoms with Crippen molar-refractivity contribution in [3.8, 4) is 0 Å². The Morgan fingerprint density at radius 3 is 1.12 bits per heavy atom. The quantitative estimate of drug-likeness (QED) is 0.0199. The normalized spacial score (nSPS) is 13.1. The lowest BCUT2D eigenvalue weighted by Crippen LogP contribution is -2.30. The van der Waals surface area contributed by atoms with Crippen LogP contribution in [-0.4, -0.2) is 37.2 Å². The Morgan fingerprint density at radius 1 is 0.333 bits per heavy atom. The third-order valence-corrected chi connectivity index (χ3v) is 10.8. The molecule has 0 aliphatic rings. The summed E-state index contributed by atoms with van der Waals surface area (Å²) in [5.41, 5.74) is 0. The highest BCUT2D eigenvalue weighted by Crippen LogP contribution is 2.12. The first-order valence-corrected chi connectivity index (χ1v) is 26.6. The van der Waals surface area contributed by atoms with E-state index in [0.717, 1.165) is 135 Å². The van der Waals surface area contributed by atoms with Gasteiger partial charge in [-0.15, -0.1) is 0 Å². The van der Waals surface area contributed by atoms with Crippen molar-refractivity contribution in [3.05, 3.63) is 122 Å². The van der Waals surface area contributed by atoms with Gasteiger partial charge < -0.3 is 14.2 Å². The van der Waals surface area contributed by atoms with Crippen LogP contribution in [0.25, 0.3) is 0 Å². The van der Waals surface area contributed by atoms with Crippen molar-refractivity contribution in [1.82, 2.24) is 0 Å². The Hall–Kier alpha value is -4.19. The van der Waals surface area contributed by atoms with Gasteiger partial charge in [0.1, 0.15) is 13.2 Å². The molecule has 0 amide bonds. The van der Waals surface area contributed by atoms with E-state index in [4.69, 9.17) is 14.2 Å². The van der Waals surface area contributed by atoms with Crippen LogP contribution in [-0.2, 0) is 28.6 Å². The Morgan fingerprint density at radius 2 is 0.667 bits per heavy atom. The van der Waals surface area contributed by atoms with Crippen molar-refractivity contribution in [1.29, 1.82) is 0 Å². The summed E-state index contributed by atoms with van der Waals surface area (Å²) in [7, 11) is 0. The summed E-state index contributed by atoms with van der Waals surface area (Å²) in [6, 6.07) is 0. The van der Waals surface area contributed by atoms with E-state index in [9.17, 15) is 14.4 Å². The zero-order valence-corrected chi connectivity index (χ0v) is 42.4. The van der Waals surface area contributed by atoms with Gasteiger partial charge in [0.05, 0.1) is 0 Å². The van der Waals surface area contributed by atoms with Crippen molar-refractivity contribution >= 4 is 17.9 Å². The highest BCUT2D eigenvalue weighted by molar-refractivity contribution is 5.71. The maximum absolute atomic E-state index is 12.8. The lowest BCUT2D eigenvalue weighted by molar-refractivity contribution is -0.167. The Kier molecular flexibility index (Phi) is 50.0. The lowest BCUT2D eigenvalue weighted by atomic mass is 10.1. The Bertz CT molecular complexity index is 1420. The summed E-state index contributed by atoms with van der Waals surface area (Å²) in [6.07, 6.45) is 73.2. The number of unbranched alkanes of at least 4 members (excludes halogenated alkanes) is 18. The van der Waals surface area contributed by atoms with Gasteiger partial charge in [-0.25, -0.2) is 0 Å². The predicted molar refractivity (Wildman–Crippen MR) is 283 cm³/mol. The van der Waals surface area contributed by atoms with Crippen LogP contribution < -0.4 is 0 Å². The van der Waals surface area contributed by atoms with E-state index in [1.165, 1.54) is 44.9 Å². The molecule has 0 bridgehead atoms. The minimum atomic E-state index is -0.817. The molecule has 66 heavy (non-hydrogen) atoms. The zero-order valence-electron chi connectivity index (χ0n) is 42.4. The minimum Gasteiger partial charge on any atom is -0.462 e. The van der Waals surface area contributed by atoms with E-state index in [-0.39, 0.29) is 37.5 Å². The maximum Gasteiger partial charge on any atom is 0.306 e. The minimum absolute atomic E-state index is 0.115. The van der Waals surface area contributed by atoms with Crippen LogP contribution in [0.4, 0.5) is 0 Å². The van der Waals surface area contributed by atoms with Gasteiger partial charge in [-0.1, -0.05) is 213 Å². The third-order valence-electron chi connectivity index (χ3n) is 10.8. The summed E-state index contributed by atoms with van der Waals surface area (Å²) in [5, 5.41) is 0. The molecular weight excluding hydrogens is 817 g/mol. The molecule has 1 atom stereocenters. The fraction of sp³-hybridized carbons (Fsp3) is 0.617. The first kappa shape index (κ1) is 61.8. The molecule has 1 unspecified atom stereocenters. The SMILES string of the molecule is CC/C=C\C/C=C\C/C=C\C/C=C\C/C=C\CCCCCC(=O)OCC(COC(=O)CCCCC/C=C\C=C/CCCC)OC(=O)CCCCCCC\C=C/C=C\C=C/CCCCCCC. The van der Waals surface area contributed by atoms with E-state index in [0.29, 0.717) is 12.8 Å². The molecule has 0 saturated carbocycles. The van der Waals surface area contributed by atoms with Crippen LogP contribution in [0.15, 0.2) is 122 Å². The highest BCUT2D eigenvalue weighted by atomic mass is 16.6. The van der Waals surface area contributed by atoms with Gasteiger partial charge >= 0.3 is 17.9 Å². The van der Waals surface area contributed by atoms with Gasteiger partial charge in [0, 0.05) is 19.3 Å². The van der Waals surface area contributed by atoms with E-state index in [1.54, 1.807) is 0 Å². The number of hydrogen-bond acceptors (Lipinski definition) is 6. The van der Waals surface area contributed by atoms with Gasteiger partial charge in [0.25, 0.3) is 0 Å². The molecule has 0 spiro atoms. The molecule has 0 aliphatic heterocycles. The van der Waals surface area contributed by atoms with Gasteiger partial charge in [-0.05, 0) is 109 Å². The molecule has 0 aliphatic carbocycles. The first-order chi connectivity index (χ1) is 32.5. The van der Waals surface area contributed by atoms with Gasteiger partial charge in [-0.3, -0.25) is 14.4 Å². The standard InChI is InChI=1S/C60H96O6/c1-4-7-10-13-16-19-22-24-26-28-30-32-33-35-38-41-44-47-50-53-59(62)65-56-57(55-64-58(61)52-49-46-43-40-37-21-18-15-12-9-6-3)66-60(63)54-51-48-45-42-39-36-34-31-29-27-25-23-20-17-14-11-8-5-2/h7,10,15-16,18-19,21,23-27,29-32,34-35,37-38,57H,4-6,8-9,11-14,17,20,22,28,33,36,39-56H2,1-3H3/b10-7-,18-15-,19-16-,25-23-,26-24-,29-27-,32-30-,34-31-,37-21-,38-35-. The highest BCUT2D eigenvalue weighted by Gasteiger charge is 2.19. The number of carbonyl (C=O) groups excluding carboxylic acids is 3. The molecule has 0 fully saturated rings. The molecule has 0 saturated heterocycles. The monoisotopic (exact) mass is 913 g/mol. The second-order valence-electron chi connectivity index (χ2n) is 17.1. The van der Waals surface area contributed by atoms with Crippen LogP contribution in [0.2, 0.25) is 0 Å². The topological polar surface area (TPSA) is 78.9 Å². The number of ether oxygens (including phenoxy) is 3. The van der Waals surface area contributed by atoms with Crippen molar-refractivity contribution in [2.45, 2.75) is 226 Å². The second-order valence-corrected chi connectivity index (χ2v) is 17.1. The van der Waals surface area contributed by atoms with E-state index in [2.05, 4.69) is 142 Å².